The van der Waals surface area contributed by atoms with Crippen LogP contribution in [0.4, 0.5) is 10.1 Å². The van der Waals surface area contributed by atoms with Gasteiger partial charge in [-0.15, -0.1) is 0 Å². The van der Waals surface area contributed by atoms with E-state index in [9.17, 15) is 14.3 Å². The van der Waals surface area contributed by atoms with Crippen molar-refractivity contribution in [2.45, 2.75) is 6.42 Å². The maximum Gasteiger partial charge on any atom is 0.153 e. The van der Waals surface area contributed by atoms with E-state index in [-0.39, 0.29) is 17.1 Å². The first kappa shape index (κ1) is 15.7. The summed E-state index contributed by atoms with van der Waals surface area (Å²) in [7, 11) is 0. The molecule has 0 aliphatic heterocycles. The van der Waals surface area contributed by atoms with Gasteiger partial charge in [-0.1, -0.05) is 12.1 Å². The molecule has 1 heterocycles. The monoisotopic (exact) mass is 422 g/mol. The Bertz CT molecular complexity index is 882. The third kappa shape index (κ3) is 3.12. The number of rotatable bonds is 4. The van der Waals surface area contributed by atoms with Crippen molar-refractivity contribution in [1.82, 2.24) is 4.98 Å². The number of hydrogen-bond donors (Lipinski definition) is 2. The van der Waals surface area contributed by atoms with E-state index in [0.717, 1.165) is 16.5 Å². The molecule has 0 atom stereocenters. The quantitative estimate of drug-likeness (QED) is 0.286. The SMILES string of the molecule is O=Cc1cc(NI)c2cc(Cc3ccc(F)cc3)cnc2c1O. The van der Waals surface area contributed by atoms with Crippen LogP contribution in [0.15, 0.2) is 42.6 Å². The molecule has 0 fully saturated rings. The van der Waals surface area contributed by atoms with Crippen LogP contribution in [0.5, 0.6) is 5.75 Å². The summed E-state index contributed by atoms with van der Waals surface area (Å²) in [6.45, 7) is 0. The lowest BCUT2D eigenvalue weighted by Gasteiger charge is -2.10. The molecule has 1 aromatic heterocycles. The lowest BCUT2D eigenvalue weighted by molar-refractivity contribution is 0.112. The van der Waals surface area contributed by atoms with Crippen molar-refractivity contribution in [1.29, 1.82) is 0 Å². The predicted octanol–water partition coefficient (Wildman–Crippen LogP) is 4.24. The van der Waals surface area contributed by atoms with Gasteiger partial charge in [-0.2, -0.15) is 0 Å². The summed E-state index contributed by atoms with van der Waals surface area (Å²) in [4.78, 5) is 15.3. The number of carbonyl (C=O) groups is 1. The van der Waals surface area contributed by atoms with Gasteiger partial charge in [0.1, 0.15) is 11.3 Å². The highest BCUT2D eigenvalue weighted by atomic mass is 127. The molecule has 116 valence electrons. The van der Waals surface area contributed by atoms with Crippen LogP contribution < -0.4 is 3.53 Å². The van der Waals surface area contributed by atoms with Crippen molar-refractivity contribution in [2.75, 3.05) is 3.53 Å². The average molecular weight is 422 g/mol. The molecule has 4 nitrogen and oxygen atoms in total. The van der Waals surface area contributed by atoms with Crippen LogP contribution in [0.2, 0.25) is 0 Å². The number of hydrogen-bond acceptors (Lipinski definition) is 4. The summed E-state index contributed by atoms with van der Waals surface area (Å²) in [5, 5.41) is 10.8. The minimum absolute atomic E-state index is 0.126. The number of fused-ring (bicyclic) bond motifs is 1. The Kier molecular flexibility index (Phi) is 4.42. The van der Waals surface area contributed by atoms with E-state index >= 15 is 0 Å². The second kappa shape index (κ2) is 6.49. The van der Waals surface area contributed by atoms with Gasteiger partial charge >= 0.3 is 0 Å². The Labute approximate surface area is 145 Å². The number of nitrogens with zero attached hydrogens (tertiary/aromatic N) is 1. The fraction of sp³-hybridized carbons (Fsp3) is 0.0588. The molecule has 0 bridgehead atoms. The number of carbonyl (C=O) groups excluding carboxylic acids is 1. The zero-order valence-corrected chi connectivity index (χ0v) is 14.0. The van der Waals surface area contributed by atoms with Crippen molar-refractivity contribution in [3.05, 3.63) is 65.1 Å². The number of aldehydes is 1. The summed E-state index contributed by atoms with van der Waals surface area (Å²) in [5.41, 5.74) is 3.15. The minimum atomic E-state index is -0.270. The van der Waals surface area contributed by atoms with Gasteiger partial charge in [-0.25, -0.2) is 4.39 Å². The lowest BCUT2D eigenvalue weighted by Crippen LogP contribution is -1.95. The minimum Gasteiger partial charge on any atom is -0.505 e. The maximum atomic E-state index is 13.0. The van der Waals surface area contributed by atoms with E-state index in [0.29, 0.717) is 23.9 Å². The van der Waals surface area contributed by atoms with Crippen molar-refractivity contribution < 1.29 is 14.3 Å². The third-order valence-electron chi connectivity index (χ3n) is 3.58. The third-order valence-corrected chi connectivity index (χ3v) is 4.16. The summed E-state index contributed by atoms with van der Waals surface area (Å²) in [5.74, 6) is -0.396. The first-order valence-corrected chi connectivity index (χ1v) is 7.91. The number of halogens is 2. The lowest BCUT2D eigenvalue weighted by atomic mass is 10.0. The van der Waals surface area contributed by atoms with Crippen LogP contribution in [0.3, 0.4) is 0 Å². The fourth-order valence-electron chi connectivity index (χ4n) is 2.44. The Balaban J connectivity index is 2.07. The van der Waals surface area contributed by atoms with Crippen molar-refractivity contribution in [3.63, 3.8) is 0 Å². The Hall–Kier alpha value is -2.22. The number of benzene rings is 2. The Morgan fingerprint density at radius 2 is 1.96 bits per heavy atom. The van der Waals surface area contributed by atoms with Gasteiger partial charge in [0, 0.05) is 11.6 Å². The van der Waals surface area contributed by atoms with Crippen LogP contribution in [-0.2, 0) is 6.42 Å². The van der Waals surface area contributed by atoms with Crippen molar-refractivity contribution in [2.24, 2.45) is 0 Å². The molecule has 0 spiro atoms. The number of nitrogens with one attached hydrogen (secondary N) is 1. The summed E-state index contributed by atoms with van der Waals surface area (Å²) < 4.78 is 16.0. The Morgan fingerprint density at radius 1 is 1.22 bits per heavy atom. The van der Waals surface area contributed by atoms with Gasteiger partial charge in [-0.3, -0.25) is 9.78 Å². The van der Waals surface area contributed by atoms with Gasteiger partial charge in [0.15, 0.2) is 12.0 Å². The number of pyridine rings is 1. The normalized spacial score (nSPS) is 10.7. The molecule has 0 amide bonds. The molecule has 0 saturated carbocycles. The topological polar surface area (TPSA) is 62.2 Å². The molecule has 2 aromatic carbocycles. The molecular formula is C17H12FIN2O2. The van der Waals surface area contributed by atoms with Gasteiger partial charge in [0.05, 0.1) is 34.1 Å². The highest BCUT2D eigenvalue weighted by molar-refractivity contribution is 14.1. The number of phenolic OH excluding ortho intramolecular Hbond substituents is 1. The second-order valence-electron chi connectivity index (χ2n) is 5.12. The van der Waals surface area contributed by atoms with Crippen molar-refractivity contribution in [3.8, 4) is 5.75 Å². The number of phenols is 1. The summed E-state index contributed by atoms with van der Waals surface area (Å²) in [6.07, 6.45) is 2.84. The smallest absolute Gasteiger partial charge is 0.153 e. The van der Waals surface area contributed by atoms with Gasteiger partial charge < -0.3 is 8.64 Å². The first-order valence-electron chi connectivity index (χ1n) is 6.83. The van der Waals surface area contributed by atoms with Crippen LogP contribution in [0, 0.1) is 5.82 Å². The molecule has 0 saturated heterocycles. The number of anilines is 1. The van der Waals surface area contributed by atoms with Gasteiger partial charge in [-0.05, 0) is 41.8 Å². The summed E-state index contributed by atoms with van der Waals surface area (Å²) in [6, 6.07) is 9.78. The molecule has 0 aliphatic carbocycles. The van der Waals surface area contributed by atoms with Crippen LogP contribution in [-0.4, -0.2) is 16.4 Å². The van der Waals surface area contributed by atoms with Crippen LogP contribution >= 0.6 is 22.9 Å². The van der Waals surface area contributed by atoms with Gasteiger partial charge in [0.25, 0.3) is 0 Å². The molecule has 0 unspecified atom stereocenters. The van der Waals surface area contributed by atoms with Crippen LogP contribution in [0.1, 0.15) is 21.5 Å². The molecule has 23 heavy (non-hydrogen) atoms. The molecule has 3 rings (SSSR count). The highest BCUT2D eigenvalue weighted by Crippen LogP contribution is 2.34. The van der Waals surface area contributed by atoms with Crippen molar-refractivity contribution >= 4 is 45.7 Å². The average Bonchev–Trinajstić information content (AvgIpc) is 2.57. The molecular weight excluding hydrogens is 410 g/mol. The zero-order valence-electron chi connectivity index (χ0n) is 11.9. The Morgan fingerprint density at radius 3 is 2.61 bits per heavy atom. The van der Waals surface area contributed by atoms with E-state index < -0.39 is 0 Å². The van der Waals surface area contributed by atoms with Crippen LogP contribution in [0.25, 0.3) is 10.9 Å². The fourth-order valence-corrected chi connectivity index (χ4v) is 2.89. The maximum absolute atomic E-state index is 13.0. The highest BCUT2D eigenvalue weighted by Gasteiger charge is 2.13. The summed E-state index contributed by atoms with van der Waals surface area (Å²) >= 11 is 1.97. The van der Waals surface area contributed by atoms with E-state index in [1.54, 1.807) is 24.4 Å². The van der Waals surface area contributed by atoms with Gasteiger partial charge in [0.2, 0.25) is 0 Å². The first-order chi connectivity index (χ1) is 11.1. The number of aromatic hydroxyl groups is 1. The molecule has 3 aromatic rings. The van der Waals surface area contributed by atoms with E-state index in [1.165, 1.54) is 12.1 Å². The largest absolute Gasteiger partial charge is 0.505 e. The van der Waals surface area contributed by atoms with E-state index in [4.69, 9.17) is 0 Å². The molecule has 0 radical (unpaired) electrons. The standard InChI is InChI=1S/C17H12FIN2O2/c18-13-3-1-10(2-4-13)5-11-6-14-15(21-19)7-12(9-22)17(23)16(14)20-8-11/h1-4,6-9,21,23H,5H2. The van der Waals surface area contributed by atoms with E-state index in [2.05, 4.69) is 8.51 Å². The second-order valence-corrected chi connectivity index (χ2v) is 5.66. The van der Waals surface area contributed by atoms with E-state index in [1.807, 2.05) is 28.9 Å². The molecule has 6 heteroatoms. The predicted molar refractivity (Wildman–Crippen MR) is 95.6 cm³/mol. The number of aromatic nitrogens is 1. The zero-order chi connectivity index (χ0) is 16.4. The molecule has 0 aliphatic rings. The molecule has 2 N–H and O–H groups in total.